The summed E-state index contributed by atoms with van der Waals surface area (Å²) in [4.78, 5) is 20.0. The molecule has 1 aromatic carbocycles. The molecule has 0 bridgehead atoms. The van der Waals surface area contributed by atoms with Gasteiger partial charge in [0, 0.05) is 35.6 Å². The molecular formula is C23H23N9. The maximum Gasteiger partial charge on any atom is 0.116 e. The summed E-state index contributed by atoms with van der Waals surface area (Å²) in [6, 6.07) is 13.5. The molecule has 9 nitrogen and oxygen atoms in total. The summed E-state index contributed by atoms with van der Waals surface area (Å²) in [6.07, 6.45) is 13.5. The number of nitrogens with zero attached hydrogens (tertiary/aromatic N) is 7. The number of hydrazine groups is 1. The average molecular weight is 426 g/mol. The molecule has 2 N–H and O–H groups in total. The molecule has 0 spiro atoms. The lowest BCUT2D eigenvalue weighted by atomic mass is 10.3. The van der Waals surface area contributed by atoms with E-state index in [0.717, 1.165) is 33.2 Å². The van der Waals surface area contributed by atoms with Gasteiger partial charge in [-0.05, 0) is 30.3 Å². The van der Waals surface area contributed by atoms with Crippen molar-refractivity contribution in [3.8, 4) is 0 Å². The van der Waals surface area contributed by atoms with Crippen LogP contribution in [0.4, 0.5) is 11.4 Å². The van der Waals surface area contributed by atoms with Gasteiger partial charge in [-0.25, -0.2) is 15.0 Å². The Morgan fingerprint density at radius 3 is 2.38 bits per heavy atom. The molecule has 0 fully saturated rings. The first-order valence-electron chi connectivity index (χ1n) is 10.0. The molecule has 160 valence electrons. The van der Waals surface area contributed by atoms with Crippen LogP contribution in [0.2, 0.25) is 0 Å². The number of aromatic nitrogens is 6. The summed E-state index contributed by atoms with van der Waals surface area (Å²) in [5.41, 5.74) is 9.58. The van der Waals surface area contributed by atoms with Gasteiger partial charge in [-0.3, -0.25) is 20.8 Å². The molecule has 5 heterocycles. The first kappa shape index (κ1) is 22.2. The van der Waals surface area contributed by atoms with Gasteiger partial charge in [0.25, 0.3) is 0 Å². The maximum atomic E-state index is 4.09. The molecular weight excluding hydrogens is 402 g/mol. The zero-order valence-corrected chi connectivity index (χ0v) is 17.8. The van der Waals surface area contributed by atoms with Crippen LogP contribution in [0.15, 0.2) is 91.0 Å². The van der Waals surface area contributed by atoms with E-state index in [1.54, 1.807) is 43.5 Å². The highest BCUT2D eigenvalue weighted by Crippen LogP contribution is 2.23. The molecule has 6 rings (SSSR count). The van der Waals surface area contributed by atoms with Gasteiger partial charge in [0.2, 0.25) is 0 Å². The van der Waals surface area contributed by atoms with Gasteiger partial charge in [-0.1, -0.05) is 26.0 Å². The van der Waals surface area contributed by atoms with E-state index >= 15 is 0 Å². The van der Waals surface area contributed by atoms with Crippen molar-refractivity contribution >= 4 is 39.5 Å². The molecule has 5 aromatic rings. The topological polar surface area (TPSA) is 114 Å². The summed E-state index contributed by atoms with van der Waals surface area (Å²) >= 11 is 0. The lowest BCUT2D eigenvalue weighted by Gasteiger charge is -2.11. The van der Waals surface area contributed by atoms with Crippen LogP contribution in [-0.2, 0) is 0 Å². The highest BCUT2D eigenvalue weighted by molar-refractivity contribution is 5.77. The van der Waals surface area contributed by atoms with Crippen LogP contribution >= 0.6 is 0 Å². The predicted octanol–water partition coefficient (Wildman–Crippen LogP) is 4.35. The van der Waals surface area contributed by atoms with Crippen LogP contribution in [0.25, 0.3) is 21.8 Å². The summed E-state index contributed by atoms with van der Waals surface area (Å²) in [5.74, 6) is 0. The second kappa shape index (κ2) is 12.2. The van der Waals surface area contributed by atoms with Gasteiger partial charge in [0.1, 0.15) is 12.7 Å². The average Bonchev–Trinajstić information content (AvgIpc) is 2.91. The second-order valence-corrected chi connectivity index (χ2v) is 5.97. The molecule has 0 saturated carbocycles. The van der Waals surface area contributed by atoms with Crippen LogP contribution in [0.3, 0.4) is 0 Å². The third-order valence-corrected chi connectivity index (χ3v) is 4.00. The van der Waals surface area contributed by atoms with Crippen LogP contribution < -0.4 is 10.9 Å². The molecule has 0 radical (unpaired) electrons. The van der Waals surface area contributed by atoms with E-state index in [-0.39, 0.29) is 0 Å². The van der Waals surface area contributed by atoms with Gasteiger partial charge in [0.15, 0.2) is 0 Å². The lowest BCUT2D eigenvalue weighted by molar-refractivity contribution is 1.04. The zero-order chi connectivity index (χ0) is 22.4. The number of anilines is 1. The fourth-order valence-corrected chi connectivity index (χ4v) is 2.56. The van der Waals surface area contributed by atoms with E-state index in [0.29, 0.717) is 0 Å². The van der Waals surface area contributed by atoms with Crippen LogP contribution in [0, 0.1) is 0 Å². The van der Waals surface area contributed by atoms with Gasteiger partial charge < -0.3 is 0 Å². The van der Waals surface area contributed by atoms with Crippen molar-refractivity contribution in [1.82, 2.24) is 35.6 Å². The Kier molecular flexibility index (Phi) is 8.47. The molecule has 1 aliphatic rings. The van der Waals surface area contributed by atoms with E-state index in [1.807, 2.05) is 56.3 Å². The highest BCUT2D eigenvalue weighted by Gasteiger charge is 1.99. The Hall–Kier alpha value is -4.53. The number of nitrogens with one attached hydrogen (secondary N) is 2. The molecule has 0 aliphatic carbocycles. The van der Waals surface area contributed by atoms with Gasteiger partial charge in [-0.2, -0.15) is 10.2 Å². The smallest absolute Gasteiger partial charge is 0.116 e. The largest absolute Gasteiger partial charge is 0.298 e. The third kappa shape index (κ3) is 6.23. The number of benzene rings is 1. The first-order chi connectivity index (χ1) is 15.9. The minimum Gasteiger partial charge on any atom is -0.298 e. The second-order valence-electron chi connectivity index (χ2n) is 5.97. The van der Waals surface area contributed by atoms with E-state index in [2.05, 4.69) is 46.0 Å². The number of aliphatic imine (C=N–C) groups is 1. The van der Waals surface area contributed by atoms with Crippen molar-refractivity contribution in [3.05, 3.63) is 86.0 Å². The molecule has 1 aliphatic heterocycles. The molecule has 9 heteroatoms. The highest BCUT2D eigenvalue weighted by atomic mass is 15.4. The van der Waals surface area contributed by atoms with Crippen molar-refractivity contribution in [2.24, 2.45) is 4.99 Å². The SMILES string of the molecule is C1=Nc2ccccc2NN1.CC.c1cc2ncncc2cn1.c1cnc2cnncc2c1. The number of hydrogen-bond donors (Lipinski definition) is 2. The van der Waals surface area contributed by atoms with E-state index in [4.69, 9.17) is 0 Å². The van der Waals surface area contributed by atoms with Crippen molar-refractivity contribution in [1.29, 1.82) is 0 Å². The van der Waals surface area contributed by atoms with Gasteiger partial charge in [-0.15, -0.1) is 0 Å². The minimum absolute atomic E-state index is 0.887. The quantitative estimate of drug-likeness (QED) is 0.376. The van der Waals surface area contributed by atoms with E-state index in [1.165, 1.54) is 6.33 Å². The van der Waals surface area contributed by atoms with Crippen molar-refractivity contribution in [2.75, 3.05) is 5.43 Å². The molecule has 0 saturated heterocycles. The summed E-state index contributed by atoms with van der Waals surface area (Å²) < 4.78 is 0. The first-order valence-corrected chi connectivity index (χ1v) is 10.0. The Morgan fingerprint density at radius 2 is 1.53 bits per heavy atom. The molecule has 0 unspecified atom stereocenters. The monoisotopic (exact) mass is 425 g/mol. The third-order valence-electron chi connectivity index (χ3n) is 4.00. The predicted molar refractivity (Wildman–Crippen MR) is 127 cm³/mol. The Labute approximate surface area is 185 Å². The lowest BCUT2D eigenvalue weighted by Crippen LogP contribution is -2.21. The normalized spacial score (nSPS) is 10.6. The summed E-state index contributed by atoms with van der Waals surface area (Å²) in [6.45, 7) is 4.00. The fourth-order valence-electron chi connectivity index (χ4n) is 2.56. The number of para-hydroxylation sites is 2. The number of hydrogen-bond acceptors (Lipinski definition) is 9. The van der Waals surface area contributed by atoms with Crippen molar-refractivity contribution < 1.29 is 0 Å². The summed E-state index contributed by atoms with van der Waals surface area (Å²) in [7, 11) is 0. The molecule has 32 heavy (non-hydrogen) atoms. The molecule has 4 aromatic heterocycles. The number of fused-ring (bicyclic) bond motifs is 3. The van der Waals surface area contributed by atoms with Crippen LogP contribution in [0.1, 0.15) is 13.8 Å². The zero-order valence-electron chi connectivity index (χ0n) is 17.8. The van der Waals surface area contributed by atoms with Gasteiger partial charge in [0.05, 0.1) is 34.8 Å². The Balaban J connectivity index is 0.000000130. The summed E-state index contributed by atoms with van der Waals surface area (Å²) in [5, 5.41) is 9.43. The van der Waals surface area contributed by atoms with Crippen molar-refractivity contribution in [2.45, 2.75) is 13.8 Å². The van der Waals surface area contributed by atoms with E-state index in [9.17, 15) is 0 Å². The fraction of sp³-hybridized carbons (Fsp3) is 0.0870. The number of rotatable bonds is 0. The van der Waals surface area contributed by atoms with Crippen LogP contribution in [0.5, 0.6) is 0 Å². The minimum atomic E-state index is 0.887. The van der Waals surface area contributed by atoms with Crippen molar-refractivity contribution in [3.63, 3.8) is 0 Å². The van der Waals surface area contributed by atoms with E-state index < -0.39 is 0 Å². The number of pyridine rings is 2. The standard InChI is InChI=1S/2C7H5N3.C7H7N3.C2H6/c1-2-8-3-6-4-9-5-10-7(1)6;1-2-6-4-9-10-5-7(6)8-3-1;1-2-4-7-6(3-1)8-5-9-10-7;1-2/h2*1-5H;1-5,10H,(H,8,9);1-2H3. The molecule has 0 atom stereocenters. The Morgan fingerprint density at radius 1 is 0.688 bits per heavy atom. The maximum absolute atomic E-state index is 4.09. The molecule has 0 amide bonds. The van der Waals surface area contributed by atoms with Gasteiger partial charge >= 0.3 is 0 Å². The Bertz CT molecular complexity index is 1070. The van der Waals surface area contributed by atoms with Crippen LogP contribution in [-0.4, -0.2) is 36.5 Å².